The lowest BCUT2D eigenvalue weighted by atomic mass is 10.1. The van der Waals surface area contributed by atoms with Crippen molar-refractivity contribution in [3.05, 3.63) is 35.4 Å². The molecule has 0 saturated heterocycles. The normalized spacial score (nSPS) is 15.2. The number of carboxylic acids is 1. The van der Waals surface area contributed by atoms with Crippen molar-refractivity contribution in [1.29, 1.82) is 0 Å². The minimum absolute atomic E-state index is 0.0436. The Balaban J connectivity index is 2.16. The molecule has 1 unspecified atom stereocenters. The van der Waals surface area contributed by atoms with Gasteiger partial charge in [0.05, 0.1) is 11.1 Å². The Morgan fingerprint density at radius 3 is 2.19 bits per heavy atom. The molecule has 2 amide bonds. The average molecular weight is 354 g/mol. The zero-order chi connectivity index (χ0) is 15.4. The fourth-order valence-electron chi connectivity index (χ4n) is 2.56. The van der Waals surface area contributed by atoms with Crippen LogP contribution in [0.25, 0.3) is 0 Å². The molecule has 0 aromatic heterocycles. The van der Waals surface area contributed by atoms with Crippen LogP contribution in [0.5, 0.6) is 0 Å². The van der Waals surface area contributed by atoms with Gasteiger partial charge in [-0.25, -0.2) is 0 Å². The number of fused-ring (bicyclic) bond motifs is 1. The second-order valence-corrected chi connectivity index (χ2v) is 5.74. The van der Waals surface area contributed by atoms with E-state index in [2.05, 4.69) is 15.9 Å². The molecular formula is C15H16BrNO4. The number of carboxylic acid groups (broad SMARTS) is 1. The van der Waals surface area contributed by atoms with Crippen LogP contribution in [0, 0.1) is 0 Å². The van der Waals surface area contributed by atoms with Crippen LogP contribution in [-0.4, -0.2) is 39.2 Å². The number of hydrogen-bond acceptors (Lipinski definition) is 3. The van der Waals surface area contributed by atoms with Gasteiger partial charge in [-0.3, -0.25) is 19.3 Å². The molecule has 5 nitrogen and oxygen atoms in total. The van der Waals surface area contributed by atoms with E-state index >= 15 is 0 Å². The van der Waals surface area contributed by atoms with E-state index in [4.69, 9.17) is 5.11 Å². The van der Waals surface area contributed by atoms with Gasteiger partial charge >= 0.3 is 5.97 Å². The highest BCUT2D eigenvalue weighted by molar-refractivity contribution is 9.09. The largest absolute Gasteiger partial charge is 0.481 e. The molecule has 0 saturated carbocycles. The molecule has 112 valence electrons. The first-order valence-corrected chi connectivity index (χ1v) is 7.93. The fraction of sp³-hybridized carbons (Fsp3) is 0.400. The molecule has 21 heavy (non-hydrogen) atoms. The Labute approximate surface area is 131 Å². The van der Waals surface area contributed by atoms with Crippen LogP contribution in [0.1, 0.15) is 46.4 Å². The number of aliphatic carboxylic acids is 1. The van der Waals surface area contributed by atoms with Gasteiger partial charge in [0.1, 0.15) is 0 Å². The monoisotopic (exact) mass is 353 g/mol. The van der Waals surface area contributed by atoms with Gasteiger partial charge in [0.25, 0.3) is 11.8 Å². The summed E-state index contributed by atoms with van der Waals surface area (Å²) in [5.74, 6) is -1.43. The zero-order valence-corrected chi connectivity index (χ0v) is 13.0. The van der Waals surface area contributed by atoms with Crippen LogP contribution in [0.15, 0.2) is 24.3 Å². The standard InChI is InChI=1S/C15H16BrNO4/c16-9-8-10(4-3-7-13(18)19)17-14(20)11-5-1-2-6-12(11)15(17)21/h1-2,5-6,10H,3-4,7-9H2,(H,18,19). The topological polar surface area (TPSA) is 74.7 Å². The first-order chi connectivity index (χ1) is 10.1. The Kier molecular flexibility index (Phi) is 5.12. The van der Waals surface area contributed by atoms with E-state index in [1.54, 1.807) is 24.3 Å². The summed E-state index contributed by atoms with van der Waals surface area (Å²) in [4.78, 5) is 36.7. The maximum absolute atomic E-state index is 12.4. The summed E-state index contributed by atoms with van der Waals surface area (Å²) < 4.78 is 0. The highest BCUT2D eigenvalue weighted by Crippen LogP contribution is 2.27. The molecule has 6 heteroatoms. The number of halogens is 1. The molecule has 0 bridgehead atoms. The average Bonchev–Trinajstić information content (AvgIpc) is 2.70. The summed E-state index contributed by atoms with van der Waals surface area (Å²) in [6.07, 6.45) is 1.61. The molecule has 0 fully saturated rings. The van der Waals surface area contributed by atoms with E-state index in [1.165, 1.54) is 4.90 Å². The summed E-state index contributed by atoms with van der Waals surface area (Å²) in [6, 6.07) is 6.50. The Bertz CT molecular complexity index is 538. The van der Waals surface area contributed by atoms with Crippen LogP contribution >= 0.6 is 15.9 Å². The first kappa shape index (κ1) is 15.7. The maximum Gasteiger partial charge on any atom is 0.303 e. The highest BCUT2D eigenvalue weighted by Gasteiger charge is 2.39. The van der Waals surface area contributed by atoms with Crippen molar-refractivity contribution in [3.63, 3.8) is 0 Å². The van der Waals surface area contributed by atoms with Crippen molar-refractivity contribution in [2.75, 3.05) is 5.33 Å². The number of amides is 2. The van der Waals surface area contributed by atoms with Crippen LogP contribution in [0.2, 0.25) is 0 Å². The molecule has 1 aromatic carbocycles. The van der Waals surface area contributed by atoms with Gasteiger partial charge in [-0.15, -0.1) is 0 Å². The molecule has 1 N–H and O–H groups in total. The van der Waals surface area contributed by atoms with Gasteiger partial charge in [-0.05, 0) is 31.4 Å². The minimum Gasteiger partial charge on any atom is -0.481 e. The van der Waals surface area contributed by atoms with E-state index < -0.39 is 5.97 Å². The van der Waals surface area contributed by atoms with Gasteiger partial charge in [0, 0.05) is 17.8 Å². The van der Waals surface area contributed by atoms with E-state index in [0.29, 0.717) is 35.7 Å². The molecule has 1 atom stereocenters. The van der Waals surface area contributed by atoms with Crippen LogP contribution in [0.4, 0.5) is 0 Å². The number of hydrogen-bond donors (Lipinski definition) is 1. The van der Waals surface area contributed by atoms with E-state index in [9.17, 15) is 14.4 Å². The van der Waals surface area contributed by atoms with E-state index in [1.807, 2.05) is 0 Å². The van der Waals surface area contributed by atoms with Crippen LogP contribution in [0.3, 0.4) is 0 Å². The quantitative estimate of drug-likeness (QED) is 0.604. The van der Waals surface area contributed by atoms with E-state index in [-0.39, 0.29) is 24.3 Å². The van der Waals surface area contributed by atoms with Gasteiger partial charge < -0.3 is 5.11 Å². The van der Waals surface area contributed by atoms with Gasteiger partial charge in [0.2, 0.25) is 0 Å². The van der Waals surface area contributed by atoms with Crippen LogP contribution < -0.4 is 0 Å². The highest BCUT2D eigenvalue weighted by atomic mass is 79.9. The number of rotatable bonds is 7. The van der Waals surface area contributed by atoms with E-state index in [0.717, 1.165) is 0 Å². The number of benzene rings is 1. The van der Waals surface area contributed by atoms with Gasteiger partial charge in [-0.2, -0.15) is 0 Å². The third kappa shape index (κ3) is 3.32. The molecule has 1 aliphatic rings. The molecule has 0 radical (unpaired) electrons. The third-order valence-corrected chi connectivity index (χ3v) is 4.02. The molecule has 1 aromatic rings. The van der Waals surface area contributed by atoms with Crippen molar-refractivity contribution in [2.45, 2.75) is 31.7 Å². The van der Waals surface area contributed by atoms with Gasteiger partial charge in [-0.1, -0.05) is 28.1 Å². The molecular weight excluding hydrogens is 338 g/mol. The van der Waals surface area contributed by atoms with Crippen molar-refractivity contribution in [1.82, 2.24) is 4.90 Å². The van der Waals surface area contributed by atoms with Crippen molar-refractivity contribution in [3.8, 4) is 0 Å². The number of carbonyl (C=O) groups excluding carboxylic acids is 2. The number of alkyl halides is 1. The lowest BCUT2D eigenvalue weighted by Gasteiger charge is -2.25. The van der Waals surface area contributed by atoms with Crippen molar-refractivity contribution in [2.24, 2.45) is 0 Å². The SMILES string of the molecule is O=C(O)CCCC(CCBr)N1C(=O)c2ccccc2C1=O. The number of carbonyl (C=O) groups is 3. The number of nitrogens with zero attached hydrogens (tertiary/aromatic N) is 1. The molecule has 0 aliphatic carbocycles. The van der Waals surface area contributed by atoms with Crippen molar-refractivity contribution < 1.29 is 19.5 Å². The predicted molar refractivity (Wildman–Crippen MR) is 80.6 cm³/mol. The fourth-order valence-corrected chi connectivity index (χ4v) is 3.09. The summed E-state index contributed by atoms with van der Waals surface area (Å²) in [5, 5.41) is 9.36. The zero-order valence-electron chi connectivity index (χ0n) is 11.4. The van der Waals surface area contributed by atoms with Gasteiger partial charge in [0.15, 0.2) is 0 Å². The molecule has 1 aliphatic heterocycles. The maximum atomic E-state index is 12.4. The second kappa shape index (κ2) is 6.85. The lowest BCUT2D eigenvalue weighted by molar-refractivity contribution is -0.137. The lowest BCUT2D eigenvalue weighted by Crippen LogP contribution is -2.40. The Morgan fingerprint density at radius 1 is 1.14 bits per heavy atom. The molecule has 0 spiro atoms. The predicted octanol–water partition coefficient (Wildman–Crippen LogP) is 2.69. The van der Waals surface area contributed by atoms with Crippen molar-refractivity contribution >= 4 is 33.7 Å². The summed E-state index contributed by atoms with van der Waals surface area (Å²) in [5.41, 5.74) is 0.862. The Morgan fingerprint density at radius 2 is 1.71 bits per heavy atom. The Hall–Kier alpha value is -1.69. The minimum atomic E-state index is -0.866. The summed E-state index contributed by atoms with van der Waals surface area (Å²) >= 11 is 3.33. The molecule has 2 rings (SSSR count). The van der Waals surface area contributed by atoms with Crippen LogP contribution in [-0.2, 0) is 4.79 Å². The summed E-state index contributed by atoms with van der Waals surface area (Å²) in [7, 11) is 0. The second-order valence-electron chi connectivity index (χ2n) is 4.94. The number of imide groups is 1. The smallest absolute Gasteiger partial charge is 0.303 e. The summed E-state index contributed by atoms with van der Waals surface area (Å²) in [6.45, 7) is 0. The third-order valence-electron chi connectivity index (χ3n) is 3.56. The molecule has 1 heterocycles. The first-order valence-electron chi connectivity index (χ1n) is 6.81.